The van der Waals surface area contributed by atoms with E-state index in [1.54, 1.807) is 11.3 Å². The summed E-state index contributed by atoms with van der Waals surface area (Å²) in [6.07, 6.45) is 0.936. The maximum Gasteiger partial charge on any atom is 0.233 e. The van der Waals surface area contributed by atoms with Crippen molar-refractivity contribution in [3.63, 3.8) is 0 Å². The largest absolute Gasteiger partial charge is 0.337 e. The third kappa shape index (κ3) is 4.18. The van der Waals surface area contributed by atoms with Gasteiger partial charge in [0.2, 0.25) is 11.1 Å². The number of hydrogen-bond acceptors (Lipinski definition) is 6. The number of rotatable bonds is 4. The second-order valence-corrected chi connectivity index (χ2v) is 10.2. The number of thiophene rings is 1. The molecule has 6 nitrogen and oxygen atoms in total. The maximum atomic E-state index is 12.6. The molecular weight excluding hydrogens is 402 g/mol. The van der Waals surface area contributed by atoms with Crippen molar-refractivity contribution in [3.05, 3.63) is 51.7 Å². The number of amides is 1. The summed E-state index contributed by atoms with van der Waals surface area (Å²) >= 11 is 3.10. The summed E-state index contributed by atoms with van der Waals surface area (Å²) in [6.45, 7) is 8.01. The van der Waals surface area contributed by atoms with Gasteiger partial charge in [-0.2, -0.15) is 0 Å². The molecule has 4 rings (SSSR count). The predicted molar refractivity (Wildman–Crippen MR) is 118 cm³/mol. The fraction of sp³-hybridized carbons (Fsp3) is 0.381. The Labute approximate surface area is 179 Å². The molecule has 29 heavy (non-hydrogen) atoms. The van der Waals surface area contributed by atoms with E-state index >= 15 is 0 Å². The number of nitrogens with two attached hydrogens (primary N) is 1. The molecule has 2 N–H and O–H groups in total. The molecule has 3 aromatic rings. The van der Waals surface area contributed by atoms with Crippen LogP contribution in [-0.2, 0) is 23.2 Å². The topological polar surface area (TPSA) is 77.0 Å². The van der Waals surface area contributed by atoms with Crippen LogP contribution < -0.4 is 5.84 Å². The normalized spacial score (nSPS) is 14.1. The molecule has 0 atom stereocenters. The van der Waals surface area contributed by atoms with E-state index < -0.39 is 0 Å². The predicted octanol–water partition coefficient (Wildman–Crippen LogP) is 3.69. The van der Waals surface area contributed by atoms with Gasteiger partial charge in [0.25, 0.3) is 0 Å². The monoisotopic (exact) mass is 427 g/mol. The first-order valence-corrected chi connectivity index (χ1v) is 11.5. The number of thioether (sulfide) groups is 1. The Hall–Kier alpha value is -2.32. The van der Waals surface area contributed by atoms with Gasteiger partial charge in [0, 0.05) is 23.5 Å². The van der Waals surface area contributed by atoms with Gasteiger partial charge in [-0.3, -0.25) is 4.79 Å². The highest BCUT2D eigenvalue weighted by molar-refractivity contribution is 7.99. The summed E-state index contributed by atoms with van der Waals surface area (Å²) in [5.74, 6) is 7.22. The summed E-state index contributed by atoms with van der Waals surface area (Å²) in [5, 5.41) is 11.1. The molecule has 1 aliphatic rings. The number of carbonyl (C=O) groups excluding carboxylic acids is 1. The van der Waals surface area contributed by atoms with Crippen molar-refractivity contribution in [2.24, 2.45) is 0 Å². The lowest BCUT2D eigenvalue weighted by Crippen LogP contribution is -2.36. The van der Waals surface area contributed by atoms with E-state index in [1.165, 1.54) is 32.4 Å². The summed E-state index contributed by atoms with van der Waals surface area (Å²) in [4.78, 5) is 15.9. The summed E-state index contributed by atoms with van der Waals surface area (Å²) in [7, 11) is 0. The number of nitrogen functional groups attached to an aromatic ring is 1. The molecule has 3 heterocycles. The van der Waals surface area contributed by atoms with Crippen LogP contribution in [-0.4, -0.2) is 38.0 Å². The molecule has 1 aromatic carbocycles. The van der Waals surface area contributed by atoms with Crippen LogP contribution in [0.15, 0.2) is 40.9 Å². The van der Waals surface area contributed by atoms with Crippen LogP contribution >= 0.6 is 23.1 Å². The average Bonchev–Trinajstić information content (AvgIpc) is 3.31. The van der Waals surface area contributed by atoms with E-state index in [4.69, 9.17) is 5.84 Å². The van der Waals surface area contributed by atoms with E-state index in [0.29, 0.717) is 23.3 Å². The Kier molecular flexibility index (Phi) is 5.40. The fourth-order valence-corrected chi connectivity index (χ4v) is 5.02. The molecule has 152 valence electrons. The first kappa shape index (κ1) is 20.0. The molecule has 0 bridgehead atoms. The first-order chi connectivity index (χ1) is 13.8. The van der Waals surface area contributed by atoms with Crippen LogP contribution in [0.1, 0.15) is 36.8 Å². The lowest BCUT2D eigenvalue weighted by Gasteiger charge is -2.26. The minimum atomic E-state index is 0.0918. The molecule has 0 aliphatic carbocycles. The zero-order valence-corrected chi connectivity index (χ0v) is 18.5. The third-order valence-corrected chi connectivity index (χ3v) is 7.11. The summed E-state index contributed by atoms with van der Waals surface area (Å²) in [6, 6.07) is 10.3. The van der Waals surface area contributed by atoms with Gasteiger partial charge in [0.1, 0.15) is 0 Å². The van der Waals surface area contributed by atoms with Crippen LogP contribution in [0.5, 0.6) is 0 Å². The summed E-state index contributed by atoms with van der Waals surface area (Å²) in [5.41, 5.74) is 3.52. The van der Waals surface area contributed by atoms with Crippen molar-refractivity contribution >= 4 is 29.0 Å². The number of hydrogen-bond donors (Lipinski definition) is 1. The van der Waals surface area contributed by atoms with Gasteiger partial charge in [-0.15, -0.1) is 21.5 Å². The molecule has 0 saturated heterocycles. The van der Waals surface area contributed by atoms with Crippen molar-refractivity contribution in [1.29, 1.82) is 0 Å². The Bertz CT molecular complexity index is 1020. The van der Waals surface area contributed by atoms with Crippen molar-refractivity contribution < 1.29 is 4.79 Å². The highest BCUT2D eigenvalue weighted by atomic mass is 32.2. The lowest BCUT2D eigenvalue weighted by atomic mass is 9.87. The van der Waals surface area contributed by atoms with E-state index in [0.717, 1.165) is 18.5 Å². The molecule has 0 fully saturated rings. The highest BCUT2D eigenvalue weighted by Crippen LogP contribution is 2.28. The average molecular weight is 428 g/mol. The Morgan fingerprint density at radius 3 is 2.69 bits per heavy atom. The van der Waals surface area contributed by atoms with Crippen molar-refractivity contribution in [3.8, 4) is 11.4 Å². The first-order valence-electron chi connectivity index (χ1n) is 9.60. The van der Waals surface area contributed by atoms with Gasteiger partial charge in [-0.25, -0.2) is 4.68 Å². The molecule has 1 amide bonds. The quantitative estimate of drug-likeness (QED) is 0.507. The highest BCUT2D eigenvalue weighted by Gasteiger charge is 2.22. The van der Waals surface area contributed by atoms with E-state index in [-0.39, 0.29) is 11.3 Å². The Morgan fingerprint density at radius 2 is 1.97 bits per heavy atom. The maximum absolute atomic E-state index is 12.6. The van der Waals surface area contributed by atoms with Gasteiger partial charge in [0.15, 0.2) is 5.82 Å². The van der Waals surface area contributed by atoms with E-state index in [1.807, 2.05) is 17.0 Å². The van der Waals surface area contributed by atoms with Gasteiger partial charge < -0.3 is 10.7 Å². The van der Waals surface area contributed by atoms with Gasteiger partial charge in [0.05, 0.1) is 5.75 Å². The molecular formula is C21H25N5OS2. The molecule has 0 saturated carbocycles. The fourth-order valence-electron chi connectivity index (χ4n) is 3.37. The number of aromatic nitrogens is 3. The lowest BCUT2D eigenvalue weighted by molar-refractivity contribution is -0.129. The molecule has 1 aliphatic heterocycles. The second-order valence-electron chi connectivity index (χ2n) is 8.23. The SMILES string of the molecule is CC(C)(C)c1ccc(-c2nnc(SCC(=O)N3CCc4sccc4C3)n2N)cc1. The Balaban J connectivity index is 1.41. The second kappa shape index (κ2) is 7.84. The zero-order chi connectivity index (χ0) is 20.6. The van der Waals surface area contributed by atoms with Crippen LogP contribution in [0.25, 0.3) is 11.4 Å². The smallest absolute Gasteiger partial charge is 0.233 e. The zero-order valence-electron chi connectivity index (χ0n) is 16.9. The van der Waals surface area contributed by atoms with Gasteiger partial charge >= 0.3 is 0 Å². The van der Waals surface area contributed by atoms with Gasteiger partial charge in [-0.05, 0) is 34.4 Å². The number of nitrogens with zero attached hydrogens (tertiary/aromatic N) is 4. The number of fused-ring (bicyclic) bond motifs is 1. The minimum Gasteiger partial charge on any atom is -0.337 e. The van der Waals surface area contributed by atoms with Crippen LogP contribution in [0.3, 0.4) is 0 Å². The molecule has 0 spiro atoms. The van der Waals surface area contributed by atoms with Crippen LogP contribution in [0, 0.1) is 0 Å². The number of carbonyl (C=O) groups is 1. The molecule has 2 aromatic heterocycles. The number of benzene rings is 1. The Morgan fingerprint density at radius 1 is 1.21 bits per heavy atom. The minimum absolute atomic E-state index is 0.0918. The third-order valence-electron chi connectivity index (χ3n) is 5.16. The van der Waals surface area contributed by atoms with E-state index in [9.17, 15) is 4.79 Å². The van der Waals surface area contributed by atoms with Crippen molar-refractivity contribution in [2.75, 3.05) is 18.1 Å². The molecule has 0 unspecified atom stereocenters. The van der Waals surface area contributed by atoms with Gasteiger partial charge in [-0.1, -0.05) is 56.8 Å². The van der Waals surface area contributed by atoms with Crippen LogP contribution in [0.2, 0.25) is 0 Å². The van der Waals surface area contributed by atoms with E-state index in [2.05, 4.69) is 54.5 Å². The molecule has 0 radical (unpaired) electrons. The van der Waals surface area contributed by atoms with Crippen molar-refractivity contribution in [1.82, 2.24) is 19.8 Å². The van der Waals surface area contributed by atoms with Crippen molar-refractivity contribution in [2.45, 2.75) is 44.3 Å². The molecule has 8 heteroatoms. The summed E-state index contributed by atoms with van der Waals surface area (Å²) < 4.78 is 1.47. The standard InChI is InChI=1S/C21H25N5OS2/c1-21(2,3)16-6-4-14(5-7-16)19-23-24-20(26(19)22)29-13-18(27)25-10-8-17-15(12-25)9-11-28-17/h4-7,9,11H,8,10,12-13,22H2,1-3H3. The van der Waals surface area contributed by atoms with Crippen LogP contribution in [0.4, 0.5) is 0 Å².